The zero-order valence-corrected chi connectivity index (χ0v) is 21.5. The van der Waals surface area contributed by atoms with Crippen LogP contribution in [0.25, 0.3) is 0 Å². The number of hydrogen-bond acceptors (Lipinski definition) is 5. The Kier molecular flexibility index (Phi) is 7.96. The fourth-order valence-corrected chi connectivity index (χ4v) is 4.54. The summed E-state index contributed by atoms with van der Waals surface area (Å²) in [5, 5.41) is 0.657. The molecule has 2 saturated heterocycles. The molecule has 0 saturated carbocycles. The highest BCUT2D eigenvalue weighted by atomic mass is 127. The highest BCUT2D eigenvalue weighted by Gasteiger charge is 2.38. The van der Waals surface area contributed by atoms with Crippen LogP contribution in [0.4, 0.5) is 4.79 Å². The molecule has 2 amide bonds. The Balaban J connectivity index is 1.42. The van der Waals surface area contributed by atoms with Gasteiger partial charge in [-0.1, -0.05) is 11.6 Å². The summed E-state index contributed by atoms with van der Waals surface area (Å²) in [6.45, 7) is 10.1. The molecule has 0 bridgehead atoms. The molecule has 0 radical (unpaired) electrons. The van der Waals surface area contributed by atoms with Crippen molar-refractivity contribution < 1.29 is 19.1 Å². The van der Waals surface area contributed by atoms with Crippen LogP contribution >= 0.6 is 34.2 Å². The third-order valence-corrected chi connectivity index (χ3v) is 7.15. The van der Waals surface area contributed by atoms with E-state index in [2.05, 4.69) is 27.5 Å². The zero-order valence-electron chi connectivity index (χ0n) is 18.6. The Morgan fingerprint density at radius 1 is 1.13 bits per heavy atom. The van der Waals surface area contributed by atoms with E-state index in [1.165, 1.54) is 0 Å². The van der Waals surface area contributed by atoms with Gasteiger partial charge in [0.05, 0.1) is 12.1 Å². The molecule has 2 aliphatic heterocycles. The number of carbonyl (C=O) groups excluding carboxylic acids is 2. The smallest absolute Gasteiger partial charge is 0.410 e. The van der Waals surface area contributed by atoms with Gasteiger partial charge in [0.1, 0.15) is 11.4 Å². The van der Waals surface area contributed by atoms with Crippen molar-refractivity contribution in [2.75, 3.05) is 46.4 Å². The van der Waals surface area contributed by atoms with Crippen LogP contribution in [0.1, 0.15) is 32.8 Å². The largest absolute Gasteiger partial charge is 0.496 e. The number of nitrogens with zero attached hydrogens (tertiary/aromatic N) is 3. The van der Waals surface area contributed by atoms with Crippen molar-refractivity contribution >= 4 is 46.2 Å². The molecule has 172 valence electrons. The Labute approximate surface area is 203 Å². The van der Waals surface area contributed by atoms with Crippen molar-refractivity contribution in [2.24, 2.45) is 0 Å². The second kappa shape index (κ2) is 10.1. The first-order valence-corrected chi connectivity index (χ1v) is 12.0. The van der Waals surface area contributed by atoms with Gasteiger partial charge in [0, 0.05) is 61.4 Å². The first-order valence-electron chi connectivity index (χ1n) is 10.6. The lowest BCUT2D eigenvalue weighted by Crippen LogP contribution is -2.64. The van der Waals surface area contributed by atoms with Gasteiger partial charge in [-0.15, -0.1) is 0 Å². The normalized spacial score (nSPS) is 18.0. The van der Waals surface area contributed by atoms with Gasteiger partial charge in [-0.25, -0.2) is 4.79 Å². The first-order chi connectivity index (χ1) is 14.6. The maximum Gasteiger partial charge on any atom is 0.410 e. The van der Waals surface area contributed by atoms with E-state index in [9.17, 15) is 9.59 Å². The lowest BCUT2D eigenvalue weighted by molar-refractivity contribution is -0.133. The Morgan fingerprint density at radius 3 is 2.35 bits per heavy atom. The van der Waals surface area contributed by atoms with E-state index in [0.717, 1.165) is 41.1 Å². The minimum absolute atomic E-state index is 0.163. The van der Waals surface area contributed by atoms with Crippen molar-refractivity contribution in [2.45, 2.75) is 45.3 Å². The van der Waals surface area contributed by atoms with Crippen LogP contribution in [0.3, 0.4) is 0 Å². The average Bonchev–Trinajstić information content (AvgIpc) is 2.66. The molecule has 0 aliphatic carbocycles. The molecule has 0 N–H and O–H groups in total. The monoisotopic (exact) mass is 563 g/mol. The molecule has 0 atom stereocenters. The third kappa shape index (κ3) is 6.38. The topological polar surface area (TPSA) is 62.3 Å². The predicted molar refractivity (Wildman–Crippen MR) is 129 cm³/mol. The fraction of sp³-hybridized carbons (Fsp3) is 0.636. The number of rotatable bonds is 5. The summed E-state index contributed by atoms with van der Waals surface area (Å²) in [6.07, 6.45) is 0.831. The number of benzene rings is 1. The van der Waals surface area contributed by atoms with E-state index in [-0.39, 0.29) is 12.0 Å². The van der Waals surface area contributed by atoms with Crippen LogP contribution in [0.15, 0.2) is 12.1 Å². The molecule has 2 aliphatic rings. The minimum atomic E-state index is -0.470. The average molecular weight is 564 g/mol. The van der Waals surface area contributed by atoms with Crippen molar-refractivity contribution in [1.82, 2.24) is 14.7 Å². The number of ether oxygens (including phenoxy) is 2. The minimum Gasteiger partial charge on any atom is -0.496 e. The van der Waals surface area contributed by atoms with E-state index in [1.54, 1.807) is 18.1 Å². The second-order valence-corrected chi connectivity index (χ2v) is 10.6. The summed E-state index contributed by atoms with van der Waals surface area (Å²) in [6, 6.07) is 4.14. The number of amides is 2. The van der Waals surface area contributed by atoms with E-state index in [1.807, 2.05) is 31.7 Å². The van der Waals surface area contributed by atoms with Gasteiger partial charge >= 0.3 is 6.09 Å². The fourth-order valence-electron chi connectivity index (χ4n) is 3.85. The molecule has 0 unspecified atom stereocenters. The Bertz CT molecular complexity index is 816. The summed E-state index contributed by atoms with van der Waals surface area (Å²) >= 11 is 8.35. The molecular formula is C22H31ClIN3O4. The first kappa shape index (κ1) is 24.4. The summed E-state index contributed by atoms with van der Waals surface area (Å²) in [5.74, 6) is 0.887. The van der Waals surface area contributed by atoms with E-state index in [4.69, 9.17) is 21.1 Å². The maximum absolute atomic E-state index is 12.7. The number of piperazine rings is 1. The standard InChI is InChI=1S/C22H31ClIN3O4/c1-22(2,3)31-21(29)27-13-16(14-27)25-7-9-26(10-8-25)20(28)6-5-15-11-18(24)17(23)12-19(15)30-4/h11-12,16H,5-10,13-14H2,1-4H3. The summed E-state index contributed by atoms with van der Waals surface area (Å²) in [7, 11) is 1.62. The number of likely N-dealkylation sites (tertiary alicyclic amines) is 1. The summed E-state index contributed by atoms with van der Waals surface area (Å²) in [4.78, 5) is 30.9. The molecule has 3 rings (SSSR count). The molecule has 1 aromatic carbocycles. The quantitative estimate of drug-likeness (QED) is 0.512. The lowest BCUT2D eigenvalue weighted by atomic mass is 10.1. The maximum atomic E-state index is 12.7. The lowest BCUT2D eigenvalue weighted by Gasteiger charge is -2.48. The molecule has 2 heterocycles. The molecule has 31 heavy (non-hydrogen) atoms. The van der Waals surface area contributed by atoms with Gasteiger partial charge in [-0.3, -0.25) is 9.69 Å². The van der Waals surface area contributed by atoms with Crippen LogP contribution < -0.4 is 4.74 Å². The van der Waals surface area contributed by atoms with Gasteiger partial charge < -0.3 is 19.3 Å². The number of hydrogen-bond donors (Lipinski definition) is 0. The summed E-state index contributed by atoms with van der Waals surface area (Å²) in [5.41, 5.74) is 0.530. The predicted octanol–water partition coefficient (Wildman–Crippen LogP) is 3.65. The van der Waals surface area contributed by atoms with Crippen LogP contribution in [-0.4, -0.2) is 84.7 Å². The molecule has 9 heteroatoms. The number of carbonyl (C=O) groups is 2. The highest BCUT2D eigenvalue weighted by molar-refractivity contribution is 14.1. The van der Waals surface area contributed by atoms with Crippen molar-refractivity contribution in [3.05, 3.63) is 26.3 Å². The Morgan fingerprint density at radius 2 is 1.77 bits per heavy atom. The van der Waals surface area contributed by atoms with Crippen molar-refractivity contribution in [3.63, 3.8) is 0 Å². The van der Waals surface area contributed by atoms with Crippen LogP contribution in [0.2, 0.25) is 5.02 Å². The van der Waals surface area contributed by atoms with Crippen LogP contribution in [0.5, 0.6) is 5.75 Å². The molecule has 2 fully saturated rings. The molecule has 7 nitrogen and oxygen atoms in total. The van der Waals surface area contributed by atoms with E-state index in [0.29, 0.717) is 37.0 Å². The zero-order chi connectivity index (χ0) is 22.8. The molecule has 0 spiro atoms. The van der Waals surface area contributed by atoms with E-state index < -0.39 is 5.60 Å². The van der Waals surface area contributed by atoms with Gasteiger partial charge in [-0.2, -0.15) is 0 Å². The number of halogens is 2. The van der Waals surface area contributed by atoms with Gasteiger partial charge in [0.15, 0.2) is 0 Å². The van der Waals surface area contributed by atoms with Crippen LogP contribution in [0, 0.1) is 3.57 Å². The Hall–Kier alpha value is -1.26. The number of aryl methyl sites for hydroxylation is 1. The highest BCUT2D eigenvalue weighted by Crippen LogP contribution is 2.29. The van der Waals surface area contributed by atoms with Gasteiger partial charge in [0.2, 0.25) is 5.91 Å². The van der Waals surface area contributed by atoms with E-state index >= 15 is 0 Å². The molecular weight excluding hydrogens is 533 g/mol. The van der Waals surface area contributed by atoms with Gasteiger partial charge in [-0.05, 0) is 61.4 Å². The summed E-state index contributed by atoms with van der Waals surface area (Å²) < 4.78 is 11.8. The number of methoxy groups -OCH3 is 1. The third-order valence-electron chi connectivity index (χ3n) is 5.63. The van der Waals surface area contributed by atoms with Gasteiger partial charge in [0.25, 0.3) is 0 Å². The molecule has 0 aromatic heterocycles. The SMILES string of the molecule is COc1cc(Cl)c(I)cc1CCC(=O)N1CCN(C2CN(C(=O)OC(C)(C)C)C2)CC1. The second-order valence-electron chi connectivity index (χ2n) is 9.03. The van der Waals surface area contributed by atoms with Crippen LogP contribution in [-0.2, 0) is 16.0 Å². The van der Waals surface area contributed by atoms with Crippen molar-refractivity contribution in [1.29, 1.82) is 0 Å². The molecule has 1 aromatic rings. The van der Waals surface area contributed by atoms with Crippen molar-refractivity contribution in [3.8, 4) is 5.75 Å².